The minimum Gasteiger partial charge on any atom is -0.394 e. The number of nitrogens with one attached hydrogen (secondary N) is 1. The van der Waals surface area contributed by atoms with E-state index in [1.807, 2.05) is 0 Å². The molecule has 1 aliphatic rings. The Kier molecular flexibility index (Phi) is 8.30. The molecule has 34 heavy (non-hydrogen) atoms. The summed E-state index contributed by atoms with van der Waals surface area (Å²) in [4.78, 5) is 37.4. The molecule has 1 fully saturated rings. The van der Waals surface area contributed by atoms with E-state index in [4.69, 9.17) is 14.7 Å². The van der Waals surface area contributed by atoms with Gasteiger partial charge in [0.05, 0.1) is 38.0 Å². The van der Waals surface area contributed by atoms with Gasteiger partial charge in [-0.05, 0) is 25.1 Å². The van der Waals surface area contributed by atoms with Gasteiger partial charge >= 0.3 is 5.69 Å². The molecule has 12 heteroatoms. The van der Waals surface area contributed by atoms with Crippen LogP contribution in [0.1, 0.15) is 34.1 Å². The molecule has 0 unspecified atom stereocenters. The van der Waals surface area contributed by atoms with E-state index in [1.54, 1.807) is 13.0 Å². The van der Waals surface area contributed by atoms with Crippen molar-refractivity contribution in [2.24, 2.45) is 0 Å². The summed E-state index contributed by atoms with van der Waals surface area (Å²) < 4.78 is 26.5. The minimum absolute atomic E-state index is 0.0109. The van der Waals surface area contributed by atoms with E-state index in [1.165, 1.54) is 16.8 Å². The predicted octanol–water partition coefficient (Wildman–Crippen LogP) is -0.583. The third-order valence-electron chi connectivity index (χ3n) is 5.40. The summed E-state index contributed by atoms with van der Waals surface area (Å²) in [6.45, 7) is 1.32. The molecule has 0 bridgehead atoms. The van der Waals surface area contributed by atoms with Crippen LogP contribution in [0.25, 0.3) is 0 Å². The molecule has 1 saturated heterocycles. The number of carbonyl (C=O) groups is 1. The number of benzene rings is 1. The van der Waals surface area contributed by atoms with Crippen LogP contribution in [0, 0.1) is 24.1 Å². The molecule has 1 aromatic carbocycles. The summed E-state index contributed by atoms with van der Waals surface area (Å²) in [5.74, 6) is -1.21. The molecule has 0 aliphatic carbocycles. The van der Waals surface area contributed by atoms with Crippen LogP contribution >= 0.6 is 0 Å². The number of nitriles is 1. The molecule has 11 nitrogen and oxygen atoms in total. The first-order valence-electron chi connectivity index (χ1n) is 10.6. The van der Waals surface area contributed by atoms with Crippen LogP contribution < -0.4 is 16.6 Å². The molecular weight excluding hydrogens is 451 g/mol. The van der Waals surface area contributed by atoms with Gasteiger partial charge in [0.2, 0.25) is 0 Å². The summed E-state index contributed by atoms with van der Waals surface area (Å²) in [5.41, 5.74) is -0.920. The number of halogens is 1. The van der Waals surface area contributed by atoms with Gasteiger partial charge in [-0.15, -0.1) is 0 Å². The fraction of sp³-hybridized carbons (Fsp3) is 0.455. The quantitative estimate of drug-likeness (QED) is 0.406. The van der Waals surface area contributed by atoms with Gasteiger partial charge in [0.25, 0.3) is 11.5 Å². The van der Waals surface area contributed by atoms with Crippen LogP contribution in [0.4, 0.5) is 4.39 Å². The summed E-state index contributed by atoms with van der Waals surface area (Å²) in [6, 6.07) is 5.12. The van der Waals surface area contributed by atoms with Gasteiger partial charge in [0.15, 0.2) is 0 Å². The lowest BCUT2D eigenvalue weighted by Crippen LogP contribution is -2.43. The monoisotopic (exact) mass is 476 g/mol. The molecule has 0 spiro atoms. The highest BCUT2D eigenvalue weighted by Crippen LogP contribution is 2.27. The summed E-state index contributed by atoms with van der Waals surface area (Å²) in [5, 5.41) is 30.6. The largest absolute Gasteiger partial charge is 0.394 e. The molecule has 1 aromatic heterocycles. The van der Waals surface area contributed by atoms with Crippen LogP contribution in [0.5, 0.6) is 0 Å². The Morgan fingerprint density at radius 2 is 2.15 bits per heavy atom. The Morgan fingerprint density at radius 3 is 2.82 bits per heavy atom. The van der Waals surface area contributed by atoms with Crippen LogP contribution in [-0.4, -0.2) is 63.8 Å². The molecule has 0 radical (unpaired) electrons. The summed E-state index contributed by atoms with van der Waals surface area (Å²) >= 11 is 0. The van der Waals surface area contributed by atoms with Crippen molar-refractivity contribution in [3.63, 3.8) is 0 Å². The Bertz CT molecular complexity index is 1200. The van der Waals surface area contributed by atoms with Crippen molar-refractivity contribution in [2.45, 2.75) is 38.3 Å². The van der Waals surface area contributed by atoms with E-state index in [0.29, 0.717) is 5.56 Å². The second-order valence-electron chi connectivity index (χ2n) is 7.75. The maximum absolute atomic E-state index is 13.4. The standard InChI is InChI=1S/C22H25FN4O7/c1-13-11-27(19-9-17(29)18(12-28)34-19)22(32)26(21(13)31)5-7-33-6-4-25-20(30)14-2-3-16(23)15(8-14)10-24/h2-3,8,11,17-19,28-29H,4-7,9,12H2,1H3,(H,25,30)/t17-,18+,19+/m0/s1/i23+0. The van der Waals surface area contributed by atoms with E-state index in [9.17, 15) is 29.0 Å². The van der Waals surface area contributed by atoms with Gasteiger partial charge in [0, 0.05) is 30.3 Å². The number of nitrogens with zero attached hydrogens (tertiary/aromatic N) is 3. The smallest absolute Gasteiger partial charge is 0.333 e. The number of aryl methyl sites for hydroxylation is 1. The van der Waals surface area contributed by atoms with Gasteiger partial charge in [-0.1, -0.05) is 0 Å². The molecule has 3 atom stereocenters. The first kappa shape index (κ1) is 25.3. The molecule has 1 amide bonds. The highest BCUT2D eigenvalue weighted by Gasteiger charge is 2.35. The van der Waals surface area contributed by atoms with Gasteiger partial charge < -0.3 is 25.0 Å². The number of carbonyl (C=O) groups excluding carboxylic acids is 1. The Morgan fingerprint density at radius 1 is 1.38 bits per heavy atom. The van der Waals surface area contributed by atoms with Gasteiger partial charge in [0.1, 0.15) is 24.2 Å². The average Bonchev–Trinajstić information content (AvgIpc) is 3.20. The van der Waals surface area contributed by atoms with E-state index >= 15 is 0 Å². The number of aliphatic hydroxyl groups excluding tert-OH is 2. The number of hydrogen-bond acceptors (Lipinski definition) is 8. The third-order valence-corrected chi connectivity index (χ3v) is 5.40. The molecule has 2 aromatic rings. The Labute approximate surface area is 193 Å². The number of amides is 1. The first-order valence-corrected chi connectivity index (χ1v) is 10.6. The minimum atomic E-state index is -0.928. The van der Waals surface area contributed by atoms with Crippen molar-refractivity contribution in [1.29, 1.82) is 5.26 Å². The lowest BCUT2D eigenvalue weighted by molar-refractivity contribution is -0.0464. The first-order chi connectivity index (χ1) is 16.3. The molecule has 3 N–H and O–H groups in total. The number of aromatic nitrogens is 2. The zero-order chi connectivity index (χ0) is 24.8. The highest BCUT2D eigenvalue weighted by molar-refractivity contribution is 5.94. The molecule has 3 rings (SSSR count). The fourth-order valence-corrected chi connectivity index (χ4v) is 3.56. The number of aliphatic hydroxyl groups is 2. The number of ether oxygens (including phenoxy) is 2. The van der Waals surface area contributed by atoms with Gasteiger partial charge in [-0.25, -0.2) is 9.18 Å². The van der Waals surface area contributed by atoms with Crippen molar-refractivity contribution < 1.29 is 28.9 Å². The molecule has 0 saturated carbocycles. The number of rotatable bonds is 9. The van der Waals surface area contributed by atoms with Crippen LogP contribution in [-0.2, 0) is 16.0 Å². The second kappa shape index (κ2) is 11.2. The van der Waals surface area contributed by atoms with Crippen molar-refractivity contribution in [2.75, 3.05) is 26.4 Å². The molecule has 1 aliphatic heterocycles. The predicted molar refractivity (Wildman–Crippen MR) is 116 cm³/mol. The van der Waals surface area contributed by atoms with Crippen molar-refractivity contribution in [1.82, 2.24) is 14.5 Å². The third kappa shape index (κ3) is 5.57. The maximum atomic E-state index is 13.4. The van der Waals surface area contributed by atoms with Crippen LogP contribution in [0.3, 0.4) is 0 Å². The molecule has 2 heterocycles. The zero-order valence-corrected chi connectivity index (χ0v) is 18.4. The average molecular weight is 476 g/mol. The Balaban J connectivity index is 1.54. The topological polar surface area (TPSA) is 156 Å². The van der Waals surface area contributed by atoms with E-state index in [0.717, 1.165) is 16.7 Å². The summed E-state index contributed by atoms with van der Waals surface area (Å²) in [6.07, 6.45) is -1.08. The van der Waals surface area contributed by atoms with Crippen LogP contribution in [0.15, 0.2) is 34.0 Å². The second-order valence-corrected chi connectivity index (χ2v) is 7.75. The van der Waals surface area contributed by atoms with Crippen molar-refractivity contribution in [3.05, 3.63) is 67.7 Å². The lowest BCUT2D eigenvalue weighted by atomic mass is 10.1. The van der Waals surface area contributed by atoms with E-state index in [2.05, 4.69) is 5.32 Å². The SMILES string of the molecule is Cc1cn([C@H]2C[C@H](O)[C@@H](CO)O2)c(=O)n(CCOCCNC(=O)c2ccc([19F])c(C#N)c2)c1=O. The fourth-order valence-electron chi connectivity index (χ4n) is 3.56. The number of hydrogen-bond donors (Lipinski definition) is 3. The lowest BCUT2D eigenvalue weighted by Gasteiger charge is -2.17. The normalized spacial score (nSPS) is 19.7. The van der Waals surface area contributed by atoms with Crippen molar-refractivity contribution >= 4 is 5.91 Å². The van der Waals surface area contributed by atoms with E-state index < -0.39 is 48.0 Å². The highest BCUT2D eigenvalue weighted by atomic mass is 19.1. The van der Waals surface area contributed by atoms with Gasteiger partial charge in [-0.2, -0.15) is 5.26 Å². The maximum Gasteiger partial charge on any atom is 0.333 e. The summed E-state index contributed by atoms with van der Waals surface area (Å²) in [7, 11) is 0. The van der Waals surface area contributed by atoms with Gasteiger partial charge in [-0.3, -0.25) is 18.7 Å². The zero-order valence-electron chi connectivity index (χ0n) is 18.4. The molecule has 182 valence electrons. The Hall–Kier alpha value is -3.37. The molecular formula is C22H25FN4O7. The van der Waals surface area contributed by atoms with E-state index in [-0.39, 0.29) is 43.9 Å². The van der Waals surface area contributed by atoms with Crippen LogP contribution in [0.2, 0.25) is 0 Å². The van der Waals surface area contributed by atoms with Crippen molar-refractivity contribution in [3.8, 4) is 6.07 Å².